The number of ether oxygens (including phenoxy) is 2. The average molecular weight is 469 g/mol. The molecule has 33 heavy (non-hydrogen) atoms. The Hall–Kier alpha value is -2.90. The Kier molecular flexibility index (Phi) is 6.72. The van der Waals surface area contributed by atoms with Crippen LogP contribution in [0, 0.1) is 0 Å². The Morgan fingerprint density at radius 3 is 2.61 bits per heavy atom. The predicted molar refractivity (Wildman–Crippen MR) is 131 cm³/mol. The molecule has 1 aliphatic heterocycles. The second-order valence-electron chi connectivity index (χ2n) is 9.31. The minimum absolute atomic E-state index is 0.155. The molecule has 4 rings (SSSR count). The normalized spacial score (nSPS) is 15.4. The summed E-state index contributed by atoms with van der Waals surface area (Å²) in [5.74, 6) is 0.909. The Morgan fingerprint density at radius 2 is 1.91 bits per heavy atom. The molecule has 1 aromatic heterocycles. The number of carbonyl (C=O) groups excluding carboxylic acids is 1. The van der Waals surface area contributed by atoms with Crippen molar-refractivity contribution in [3.8, 4) is 5.75 Å². The number of likely N-dealkylation sites (tertiary alicyclic amines) is 1. The van der Waals surface area contributed by atoms with Crippen molar-refractivity contribution in [2.75, 3.05) is 25.5 Å². The highest BCUT2D eigenvalue weighted by atomic mass is 35.5. The predicted octanol–water partition coefficient (Wildman–Crippen LogP) is 5.46. The molecular formula is C25H29ClN4O3. The number of hydrogen-bond acceptors (Lipinski definition) is 7. The van der Waals surface area contributed by atoms with Gasteiger partial charge in [-0.15, -0.1) is 0 Å². The van der Waals surface area contributed by atoms with E-state index in [0.29, 0.717) is 22.1 Å². The molecule has 7 nitrogen and oxygen atoms in total. The second-order valence-corrected chi connectivity index (χ2v) is 9.72. The molecule has 1 N–H and O–H groups in total. The minimum Gasteiger partial charge on any atom is -0.489 e. The molecule has 0 bridgehead atoms. The number of nitrogens with one attached hydrogen (secondary N) is 1. The van der Waals surface area contributed by atoms with Crippen LogP contribution in [0.25, 0.3) is 10.9 Å². The number of nitrogens with zero attached hydrogens (tertiary/aromatic N) is 3. The summed E-state index contributed by atoms with van der Waals surface area (Å²) in [5, 5.41) is 4.42. The van der Waals surface area contributed by atoms with E-state index in [0.717, 1.165) is 42.6 Å². The monoisotopic (exact) mass is 468 g/mol. The summed E-state index contributed by atoms with van der Waals surface area (Å²) < 4.78 is 11.8. The first-order valence-corrected chi connectivity index (χ1v) is 11.5. The molecule has 0 atom stereocenters. The van der Waals surface area contributed by atoms with Gasteiger partial charge in [0.1, 0.15) is 29.6 Å². The van der Waals surface area contributed by atoms with Gasteiger partial charge in [-0.3, -0.25) is 0 Å². The number of carbonyl (C=O) groups is 1. The van der Waals surface area contributed by atoms with Crippen molar-refractivity contribution in [1.82, 2.24) is 14.9 Å². The van der Waals surface area contributed by atoms with Crippen LogP contribution in [0.1, 0.15) is 44.0 Å². The standard InChI is InChI=1S/C25H29ClN4O3/c1-25(2,3)33-24(31)18-9-8-16(14-19(18)26)29-23-22-20(27-15-28-23)6-5-7-21(22)32-17-10-12-30(4)13-11-17/h5-9,14-15,17H,10-13H2,1-4H3,(H,27,28,29). The van der Waals surface area contributed by atoms with Gasteiger partial charge in [-0.2, -0.15) is 0 Å². The molecule has 1 aliphatic rings. The summed E-state index contributed by atoms with van der Waals surface area (Å²) in [6.45, 7) is 7.49. The molecule has 0 aliphatic carbocycles. The van der Waals surface area contributed by atoms with E-state index in [1.807, 2.05) is 39.0 Å². The van der Waals surface area contributed by atoms with Crippen molar-refractivity contribution in [1.29, 1.82) is 0 Å². The van der Waals surface area contributed by atoms with Crippen LogP contribution in [0.2, 0.25) is 5.02 Å². The van der Waals surface area contributed by atoms with Gasteiger partial charge in [0, 0.05) is 18.8 Å². The lowest BCUT2D eigenvalue weighted by molar-refractivity contribution is 0.00698. The van der Waals surface area contributed by atoms with Crippen LogP contribution >= 0.6 is 11.6 Å². The summed E-state index contributed by atoms with van der Waals surface area (Å²) in [6, 6.07) is 10.9. The maximum Gasteiger partial charge on any atom is 0.340 e. The lowest BCUT2D eigenvalue weighted by Crippen LogP contribution is -2.35. The summed E-state index contributed by atoms with van der Waals surface area (Å²) in [6.07, 6.45) is 3.62. The summed E-state index contributed by atoms with van der Waals surface area (Å²) >= 11 is 6.41. The van der Waals surface area contributed by atoms with Crippen LogP contribution in [0.15, 0.2) is 42.7 Å². The van der Waals surface area contributed by atoms with Gasteiger partial charge >= 0.3 is 5.97 Å². The van der Waals surface area contributed by atoms with Crippen molar-refractivity contribution in [2.24, 2.45) is 0 Å². The Bertz CT molecular complexity index is 1150. The molecule has 2 aromatic carbocycles. The molecule has 1 saturated heterocycles. The van der Waals surface area contributed by atoms with Gasteiger partial charge in [0.05, 0.1) is 21.5 Å². The number of rotatable bonds is 5. The number of esters is 1. The molecule has 0 radical (unpaired) electrons. The Labute approximate surface area is 199 Å². The largest absolute Gasteiger partial charge is 0.489 e. The zero-order chi connectivity index (χ0) is 23.6. The molecule has 174 valence electrons. The number of halogens is 1. The van der Waals surface area contributed by atoms with Crippen LogP contribution in [0.3, 0.4) is 0 Å². The lowest BCUT2D eigenvalue weighted by Gasteiger charge is -2.29. The number of hydrogen-bond donors (Lipinski definition) is 1. The third-order valence-electron chi connectivity index (χ3n) is 5.43. The first kappa shape index (κ1) is 23.3. The van der Waals surface area contributed by atoms with Crippen LogP contribution in [0.5, 0.6) is 5.75 Å². The van der Waals surface area contributed by atoms with Crippen molar-refractivity contribution in [3.63, 3.8) is 0 Å². The quantitative estimate of drug-likeness (QED) is 0.498. The topological polar surface area (TPSA) is 76.6 Å². The number of benzene rings is 2. The fourth-order valence-electron chi connectivity index (χ4n) is 3.78. The van der Waals surface area contributed by atoms with Crippen LogP contribution in [-0.2, 0) is 4.74 Å². The van der Waals surface area contributed by atoms with Crippen LogP contribution in [0.4, 0.5) is 11.5 Å². The maximum absolute atomic E-state index is 12.4. The summed E-state index contributed by atoms with van der Waals surface area (Å²) in [4.78, 5) is 23.6. The minimum atomic E-state index is -0.596. The fraction of sp³-hybridized carbons (Fsp3) is 0.400. The third-order valence-corrected chi connectivity index (χ3v) is 5.75. The van der Waals surface area contributed by atoms with Crippen molar-refractivity contribution < 1.29 is 14.3 Å². The van der Waals surface area contributed by atoms with Gasteiger partial charge in [-0.1, -0.05) is 17.7 Å². The van der Waals surface area contributed by atoms with Gasteiger partial charge < -0.3 is 19.7 Å². The zero-order valence-electron chi connectivity index (χ0n) is 19.4. The Morgan fingerprint density at radius 1 is 1.15 bits per heavy atom. The van der Waals surface area contributed by atoms with E-state index < -0.39 is 11.6 Å². The van der Waals surface area contributed by atoms with Gasteiger partial charge in [-0.25, -0.2) is 14.8 Å². The third kappa shape index (κ3) is 5.72. The number of fused-ring (bicyclic) bond motifs is 1. The number of aromatic nitrogens is 2. The van der Waals surface area contributed by atoms with E-state index in [9.17, 15) is 4.79 Å². The highest BCUT2D eigenvalue weighted by molar-refractivity contribution is 6.33. The first-order chi connectivity index (χ1) is 15.7. The second kappa shape index (κ2) is 9.53. The van der Waals surface area contributed by atoms with Crippen molar-refractivity contribution in [2.45, 2.75) is 45.3 Å². The van der Waals surface area contributed by atoms with E-state index in [1.165, 1.54) is 6.33 Å². The summed E-state index contributed by atoms with van der Waals surface area (Å²) in [5.41, 5.74) is 1.20. The molecule has 1 fully saturated rings. The number of anilines is 2. The van der Waals surface area contributed by atoms with Crippen molar-refractivity contribution >= 4 is 40.0 Å². The number of piperidine rings is 1. The smallest absolute Gasteiger partial charge is 0.340 e. The van der Waals surface area contributed by atoms with E-state index in [4.69, 9.17) is 21.1 Å². The molecule has 3 aromatic rings. The molecule has 0 saturated carbocycles. The van der Waals surface area contributed by atoms with Crippen molar-refractivity contribution in [3.05, 3.63) is 53.3 Å². The average Bonchev–Trinajstić information content (AvgIpc) is 2.74. The molecule has 0 spiro atoms. The highest BCUT2D eigenvalue weighted by Crippen LogP contribution is 2.34. The molecule has 0 unspecified atom stereocenters. The molecule has 2 heterocycles. The molecule has 8 heteroatoms. The van der Waals surface area contributed by atoms with E-state index in [-0.39, 0.29) is 6.10 Å². The van der Waals surface area contributed by atoms with E-state index in [1.54, 1.807) is 18.2 Å². The summed E-state index contributed by atoms with van der Waals surface area (Å²) in [7, 11) is 2.13. The highest BCUT2D eigenvalue weighted by Gasteiger charge is 2.22. The first-order valence-electron chi connectivity index (χ1n) is 11.1. The van der Waals surface area contributed by atoms with Gasteiger partial charge in [0.15, 0.2) is 0 Å². The van der Waals surface area contributed by atoms with Gasteiger partial charge in [0.2, 0.25) is 0 Å². The van der Waals surface area contributed by atoms with Crippen LogP contribution < -0.4 is 10.1 Å². The van der Waals surface area contributed by atoms with E-state index >= 15 is 0 Å². The van der Waals surface area contributed by atoms with E-state index in [2.05, 4.69) is 27.2 Å². The fourth-order valence-corrected chi connectivity index (χ4v) is 4.04. The lowest BCUT2D eigenvalue weighted by atomic mass is 10.1. The SMILES string of the molecule is CN1CCC(Oc2cccc3ncnc(Nc4ccc(C(=O)OC(C)(C)C)c(Cl)c4)c23)CC1. The van der Waals surface area contributed by atoms with Gasteiger partial charge in [0.25, 0.3) is 0 Å². The van der Waals surface area contributed by atoms with Crippen LogP contribution in [-0.4, -0.2) is 52.7 Å². The maximum atomic E-state index is 12.4. The molecule has 0 amide bonds. The van der Waals surface area contributed by atoms with Gasteiger partial charge in [-0.05, 0) is 71.0 Å². The zero-order valence-corrected chi connectivity index (χ0v) is 20.1. The molecular weight excluding hydrogens is 440 g/mol. The Balaban J connectivity index is 1.60.